The van der Waals surface area contributed by atoms with Gasteiger partial charge >= 0.3 is 23.5 Å². The second-order valence-electron chi connectivity index (χ2n) is 7.56. The van der Waals surface area contributed by atoms with Gasteiger partial charge in [0.15, 0.2) is 17.0 Å². The lowest BCUT2D eigenvalue weighted by Crippen LogP contribution is -2.26. The number of fused-ring (bicyclic) bond motifs is 1. The highest BCUT2D eigenvalue weighted by Crippen LogP contribution is 2.66. The Morgan fingerprint density at radius 3 is 2.46 bits per heavy atom. The summed E-state index contributed by atoms with van der Waals surface area (Å²) in [6.45, 7) is -0.814. The third-order valence-electron chi connectivity index (χ3n) is 4.81. The Hall–Kier alpha value is -2.30. The largest absolute Gasteiger partial charge is 0.490 e. The minimum atomic E-state index is -5.68. The Kier molecular flexibility index (Phi) is 7.84. The van der Waals surface area contributed by atoms with Crippen LogP contribution < -0.4 is 11.1 Å². The molecule has 1 aliphatic heterocycles. The summed E-state index contributed by atoms with van der Waals surface area (Å²) >= 11 is 0. The lowest BCUT2D eigenvalue weighted by atomic mass is 10.2. The van der Waals surface area contributed by atoms with Gasteiger partial charge in [-0.25, -0.2) is 18.7 Å². The molecule has 1 aromatic carbocycles. The van der Waals surface area contributed by atoms with Crippen LogP contribution in [0.5, 0.6) is 0 Å². The average Bonchev–Trinajstić information content (AvgIpc) is 3.33. The van der Waals surface area contributed by atoms with E-state index < -0.39 is 48.5 Å². The molecule has 3 aromatic rings. The Bertz CT molecular complexity index is 1420. The van der Waals surface area contributed by atoms with E-state index in [1.54, 1.807) is 12.1 Å². The van der Waals surface area contributed by atoms with Crippen LogP contribution in [0.1, 0.15) is 12.6 Å². The van der Waals surface area contributed by atoms with Crippen molar-refractivity contribution >= 4 is 52.1 Å². The lowest BCUT2D eigenvalue weighted by molar-refractivity contribution is -0.0423. The monoisotopic (exact) mass is 582 g/mol. The second-order valence-corrected chi connectivity index (χ2v) is 12.0. The normalized spacial score (nSPS) is 23.5. The van der Waals surface area contributed by atoms with Crippen LogP contribution in [0.15, 0.2) is 36.7 Å². The summed E-state index contributed by atoms with van der Waals surface area (Å²) in [5, 5.41) is 13.5. The predicted molar refractivity (Wildman–Crippen MR) is 124 cm³/mol. The van der Waals surface area contributed by atoms with Crippen molar-refractivity contribution in [1.29, 1.82) is 0 Å². The van der Waals surface area contributed by atoms with E-state index in [-0.39, 0.29) is 18.0 Å². The van der Waals surface area contributed by atoms with Crippen molar-refractivity contribution in [2.45, 2.75) is 24.9 Å². The van der Waals surface area contributed by atoms with Crippen molar-refractivity contribution in [3.05, 3.63) is 36.7 Å². The van der Waals surface area contributed by atoms with E-state index in [1.165, 1.54) is 10.9 Å². The fraction of sp³-hybridized carbons (Fsp3) is 0.312. The van der Waals surface area contributed by atoms with Crippen LogP contribution in [0, 0.1) is 0 Å². The van der Waals surface area contributed by atoms with Gasteiger partial charge in [-0.15, -0.1) is 0 Å². The highest BCUT2D eigenvalue weighted by Gasteiger charge is 2.43. The van der Waals surface area contributed by atoms with Gasteiger partial charge in [0.25, 0.3) is 0 Å². The molecule has 3 heterocycles. The van der Waals surface area contributed by atoms with Crippen molar-refractivity contribution in [2.24, 2.45) is 0 Å². The van der Waals surface area contributed by atoms with Crippen molar-refractivity contribution in [3.8, 4) is 0 Å². The Balaban J connectivity index is 1.46. The molecule has 1 fully saturated rings. The summed E-state index contributed by atoms with van der Waals surface area (Å²) in [5.74, 6) is 0.241. The van der Waals surface area contributed by atoms with Gasteiger partial charge in [0.1, 0.15) is 12.3 Å². The number of rotatable bonds is 10. The number of hydrogen-bond donors (Lipinski definition) is 7. The van der Waals surface area contributed by atoms with Crippen molar-refractivity contribution in [3.63, 3.8) is 0 Å². The number of hydrogen-bond acceptors (Lipinski definition) is 13. The number of para-hydroxylation sites is 1. The van der Waals surface area contributed by atoms with Crippen LogP contribution in [0.4, 0.5) is 17.5 Å². The molecule has 1 saturated heterocycles. The van der Waals surface area contributed by atoms with E-state index >= 15 is 0 Å². The first-order valence-electron chi connectivity index (χ1n) is 10.2. The van der Waals surface area contributed by atoms with Crippen molar-refractivity contribution in [2.75, 3.05) is 17.7 Å². The highest BCUT2D eigenvalue weighted by molar-refractivity contribution is 7.66. The number of nitrogen functional groups attached to an aromatic ring is 1. The molecule has 2 aromatic heterocycles. The molecule has 0 aliphatic carbocycles. The summed E-state index contributed by atoms with van der Waals surface area (Å²) in [6.07, 6.45) is -2.02. The van der Waals surface area contributed by atoms with Gasteiger partial charge in [0.05, 0.1) is 19.0 Å². The molecule has 4 rings (SSSR count). The standard InChI is InChI=1S/C16H21N6O12P3/c17-16-20-14(19-9-4-2-1-3-5-9)13-15(21-16)22(8-18-13)12-6-10(23)11(32-12)7-31-36(27,28)34-37(29,30)33-35(24,25)26/h1-5,8,10-12,23H,6-7H2,(H,27,28)(H,29,30)(H2,24,25,26)(H3,17,19,20,21)/t10-,11+,12+/m0/s1. The van der Waals surface area contributed by atoms with E-state index in [9.17, 15) is 28.6 Å². The molecular formula is C16H21N6O12P3. The summed E-state index contributed by atoms with van der Waals surface area (Å²) < 4.78 is 53.1. The van der Waals surface area contributed by atoms with E-state index in [1.807, 2.05) is 18.2 Å². The molecule has 18 nitrogen and oxygen atoms in total. The number of phosphoric ester groups is 1. The van der Waals surface area contributed by atoms with Gasteiger partial charge in [-0.1, -0.05) is 18.2 Å². The number of ether oxygens (including phenoxy) is 1. The topological polar surface area (TPSA) is 271 Å². The van der Waals surface area contributed by atoms with Crippen LogP contribution in [0.25, 0.3) is 11.2 Å². The van der Waals surface area contributed by atoms with Gasteiger partial charge in [-0.3, -0.25) is 9.09 Å². The van der Waals surface area contributed by atoms with Gasteiger partial charge in [-0.2, -0.15) is 18.6 Å². The number of aromatic nitrogens is 4. The maximum Gasteiger partial charge on any atom is 0.490 e. The minimum absolute atomic E-state index is 0.0404. The molecule has 21 heteroatoms. The van der Waals surface area contributed by atoms with E-state index in [0.717, 1.165) is 5.69 Å². The quantitative estimate of drug-likeness (QED) is 0.165. The first kappa shape index (κ1) is 27.7. The number of aliphatic hydroxyl groups is 1. The fourth-order valence-corrected chi connectivity index (χ4v) is 6.43. The lowest BCUT2D eigenvalue weighted by Gasteiger charge is -2.19. The molecule has 0 bridgehead atoms. The molecule has 2 unspecified atom stereocenters. The number of nitrogens with zero attached hydrogens (tertiary/aromatic N) is 4. The first-order valence-corrected chi connectivity index (χ1v) is 14.7. The zero-order valence-electron chi connectivity index (χ0n) is 18.4. The molecule has 37 heavy (non-hydrogen) atoms. The Morgan fingerprint density at radius 2 is 1.78 bits per heavy atom. The number of anilines is 3. The van der Waals surface area contributed by atoms with Crippen molar-refractivity contribution in [1.82, 2.24) is 19.5 Å². The number of phosphoric acid groups is 3. The molecule has 0 radical (unpaired) electrons. The zero-order valence-corrected chi connectivity index (χ0v) is 21.1. The SMILES string of the molecule is Nc1nc(Nc2ccccc2)c2ncn([C@H]3C[C@H](O)[C@@H](COP(=O)(O)OP(=O)(O)OP(=O)(O)O)O3)c2n1. The summed E-state index contributed by atoms with van der Waals surface area (Å²) in [4.78, 5) is 48.6. The predicted octanol–water partition coefficient (Wildman–Crippen LogP) is 1.14. The smallest absolute Gasteiger partial charge is 0.390 e. The number of nitrogens with one attached hydrogen (secondary N) is 1. The Morgan fingerprint density at radius 1 is 1.08 bits per heavy atom. The molecule has 0 amide bonds. The van der Waals surface area contributed by atoms with Crippen LogP contribution in [-0.2, 0) is 31.6 Å². The number of benzene rings is 1. The highest BCUT2D eigenvalue weighted by atomic mass is 31.3. The van der Waals surface area contributed by atoms with Crippen LogP contribution in [0.2, 0.25) is 0 Å². The maximum absolute atomic E-state index is 11.9. The van der Waals surface area contributed by atoms with Crippen LogP contribution >= 0.6 is 23.5 Å². The third-order valence-corrected chi connectivity index (χ3v) is 8.61. The van der Waals surface area contributed by atoms with Gasteiger partial charge in [0, 0.05) is 12.1 Å². The van der Waals surface area contributed by atoms with Crippen molar-refractivity contribution < 1.29 is 56.3 Å². The molecule has 202 valence electrons. The summed E-state index contributed by atoms with van der Waals surface area (Å²) in [6, 6.07) is 9.09. The fourth-order valence-electron chi connectivity index (χ4n) is 3.40. The minimum Gasteiger partial charge on any atom is -0.390 e. The summed E-state index contributed by atoms with van der Waals surface area (Å²) in [5.41, 5.74) is 7.17. The summed E-state index contributed by atoms with van der Waals surface area (Å²) in [7, 11) is -16.6. The van der Waals surface area contributed by atoms with Crippen LogP contribution in [0.3, 0.4) is 0 Å². The molecule has 0 spiro atoms. The molecule has 5 atom stereocenters. The molecule has 8 N–H and O–H groups in total. The number of imidazole rings is 1. The number of aliphatic hydroxyl groups excluding tert-OH is 1. The van der Waals surface area contributed by atoms with E-state index in [2.05, 4.69) is 33.4 Å². The van der Waals surface area contributed by atoms with E-state index in [0.29, 0.717) is 11.3 Å². The van der Waals surface area contributed by atoms with Gasteiger partial charge < -0.3 is 40.5 Å². The molecular weight excluding hydrogens is 561 g/mol. The number of nitrogens with two attached hydrogens (primary N) is 1. The van der Waals surface area contributed by atoms with Crippen LogP contribution in [-0.4, -0.2) is 63.0 Å². The van der Waals surface area contributed by atoms with Gasteiger partial charge in [-0.05, 0) is 12.1 Å². The first-order chi connectivity index (χ1) is 17.2. The zero-order chi connectivity index (χ0) is 27.0. The third kappa shape index (κ3) is 7.18. The second kappa shape index (κ2) is 10.5. The molecule has 0 saturated carbocycles. The maximum atomic E-state index is 11.9. The van der Waals surface area contributed by atoms with Gasteiger partial charge in [0.2, 0.25) is 5.95 Å². The molecule has 1 aliphatic rings. The Labute approximate surface area is 207 Å². The van der Waals surface area contributed by atoms with E-state index in [4.69, 9.17) is 20.3 Å². The average molecular weight is 582 g/mol.